The summed E-state index contributed by atoms with van der Waals surface area (Å²) in [4.78, 5) is 11.7. The zero-order valence-electron chi connectivity index (χ0n) is 10.7. The van der Waals surface area contributed by atoms with Gasteiger partial charge in [0.15, 0.2) is 0 Å². The van der Waals surface area contributed by atoms with E-state index in [1.54, 1.807) is 0 Å². The Labute approximate surface area is 111 Å². The Morgan fingerprint density at radius 1 is 1.16 bits per heavy atom. The Morgan fingerprint density at radius 2 is 1.84 bits per heavy atom. The van der Waals surface area contributed by atoms with Crippen LogP contribution in [0.15, 0.2) is 24.3 Å². The highest BCUT2D eigenvalue weighted by Gasteiger charge is 2.44. The molecule has 2 amide bonds. The maximum absolute atomic E-state index is 13.1. The van der Waals surface area contributed by atoms with Crippen LogP contribution in [0.25, 0.3) is 0 Å². The third-order valence-electron chi connectivity index (χ3n) is 4.26. The van der Waals surface area contributed by atoms with Crippen LogP contribution >= 0.6 is 0 Å². The van der Waals surface area contributed by atoms with Crippen LogP contribution in [0.5, 0.6) is 0 Å². The number of benzene rings is 1. The van der Waals surface area contributed by atoms with Gasteiger partial charge in [0.1, 0.15) is 5.82 Å². The lowest BCUT2D eigenvalue weighted by Crippen LogP contribution is -2.65. The first kappa shape index (κ1) is 12.4. The van der Waals surface area contributed by atoms with Crippen molar-refractivity contribution < 1.29 is 9.18 Å². The molecule has 102 valence electrons. The van der Waals surface area contributed by atoms with Crippen molar-refractivity contribution in [3.63, 3.8) is 0 Å². The zero-order valence-corrected chi connectivity index (χ0v) is 10.7. The standard InChI is InChI=1S/C14H18FN3O/c15-11-3-1-10(2-4-11)12-9-17-13(19)18-14(12)5-7-16-8-6-14/h1-4,12,16H,5-9H2,(H2,17,18,19). The van der Waals surface area contributed by atoms with Gasteiger partial charge in [0.2, 0.25) is 0 Å². The van der Waals surface area contributed by atoms with Gasteiger partial charge >= 0.3 is 6.03 Å². The lowest BCUT2D eigenvalue weighted by atomic mass is 9.72. The molecule has 3 N–H and O–H groups in total. The number of hydrogen-bond donors (Lipinski definition) is 3. The van der Waals surface area contributed by atoms with Crippen molar-refractivity contribution >= 4 is 6.03 Å². The van der Waals surface area contributed by atoms with Gasteiger partial charge in [-0.15, -0.1) is 0 Å². The van der Waals surface area contributed by atoms with Gasteiger partial charge in [0.05, 0.1) is 5.54 Å². The van der Waals surface area contributed by atoms with Gasteiger partial charge < -0.3 is 16.0 Å². The molecule has 4 nitrogen and oxygen atoms in total. The van der Waals surface area contributed by atoms with Crippen LogP contribution in [0, 0.1) is 5.82 Å². The summed E-state index contributed by atoms with van der Waals surface area (Å²) in [5, 5.41) is 9.28. The summed E-state index contributed by atoms with van der Waals surface area (Å²) in [6, 6.07) is 6.52. The predicted molar refractivity (Wildman–Crippen MR) is 70.5 cm³/mol. The first-order chi connectivity index (χ1) is 9.20. The number of urea groups is 1. The van der Waals surface area contributed by atoms with Crippen molar-refractivity contribution in [1.29, 1.82) is 0 Å². The first-order valence-electron chi connectivity index (χ1n) is 6.72. The van der Waals surface area contributed by atoms with E-state index >= 15 is 0 Å². The van der Waals surface area contributed by atoms with E-state index in [-0.39, 0.29) is 23.3 Å². The molecule has 2 aliphatic rings. The van der Waals surface area contributed by atoms with Gasteiger partial charge in [-0.2, -0.15) is 0 Å². The molecular formula is C14H18FN3O. The fourth-order valence-electron chi connectivity index (χ4n) is 3.23. The third kappa shape index (κ3) is 2.30. The molecule has 0 radical (unpaired) electrons. The van der Waals surface area contributed by atoms with Gasteiger partial charge in [-0.25, -0.2) is 9.18 Å². The van der Waals surface area contributed by atoms with E-state index in [9.17, 15) is 9.18 Å². The molecule has 5 heteroatoms. The minimum absolute atomic E-state index is 0.0970. The topological polar surface area (TPSA) is 53.2 Å². The molecule has 2 saturated heterocycles. The third-order valence-corrected chi connectivity index (χ3v) is 4.26. The van der Waals surface area contributed by atoms with Crippen LogP contribution in [0.4, 0.5) is 9.18 Å². The molecule has 2 aliphatic heterocycles. The molecule has 3 rings (SSSR count). The van der Waals surface area contributed by atoms with Crippen molar-refractivity contribution in [2.75, 3.05) is 19.6 Å². The van der Waals surface area contributed by atoms with E-state index in [4.69, 9.17) is 0 Å². The Hall–Kier alpha value is -1.62. The van der Waals surface area contributed by atoms with E-state index in [1.165, 1.54) is 12.1 Å². The smallest absolute Gasteiger partial charge is 0.315 e. The van der Waals surface area contributed by atoms with E-state index in [0.717, 1.165) is 31.5 Å². The maximum atomic E-state index is 13.1. The Balaban J connectivity index is 1.92. The monoisotopic (exact) mass is 263 g/mol. The molecular weight excluding hydrogens is 245 g/mol. The summed E-state index contributed by atoms with van der Waals surface area (Å²) in [6.07, 6.45) is 1.81. The summed E-state index contributed by atoms with van der Waals surface area (Å²) >= 11 is 0. The molecule has 1 unspecified atom stereocenters. The van der Waals surface area contributed by atoms with E-state index in [1.807, 2.05) is 12.1 Å². The summed E-state index contributed by atoms with van der Waals surface area (Å²) < 4.78 is 13.1. The Morgan fingerprint density at radius 3 is 2.53 bits per heavy atom. The summed E-state index contributed by atoms with van der Waals surface area (Å²) in [7, 11) is 0. The summed E-state index contributed by atoms with van der Waals surface area (Å²) in [6.45, 7) is 2.41. The molecule has 1 aromatic rings. The van der Waals surface area contributed by atoms with Crippen LogP contribution in [0.3, 0.4) is 0 Å². The SMILES string of the molecule is O=C1NCC(c2ccc(F)cc2)C2(CCNCC2)N1. The fourth-order valence-corrected chi connectivity index (χ4v) is 3.23. The van der Waals surface area contributed by atoms with Crippen LogP contribution in [-0.2, 0) is 0 Å². The average molecular weight is 263 g/mol. The van der Waals surface area contributed by atoms with Gasteiger partial charge in [-0.3, -0.25) is 0 Å². The molecule has 0 aliphatic carbocycles. The van der Waals surface area contributed by atoms with Crippen molar-refractivity contribution in [3.05, 3.63) is 35.6 Å². The summed E-state index contributed by atoms with van der Waals surface area (Å²) in [5.74, 6) is -0.0381. The van der Waals surface area contributed by atoms with Crippen LogP contribution in [-0.4, -0.2) is 31.2 Å². The van der Waals surface area contributed by atoms with Crippen molar-refractivity contribution in [2.24, 2.45) is 0 Å². The molecule has 2 fully saturated rings. The van der Waals surface area contributed by atoms with Crippen LogP contribution in [0.2, 0.25) is 0 Å². The highest BCUT2D eigenvalue weighted by Crippen LogP contribution is 2.36. The van der Waals surface area contributed by atoms with Crippen molar-refractivity contribution in [1.82, 2.24) is 16.0 Å². The lowest BCUT2D eigenvalue weighted by molar-refractivity contribution is 0.163. The van der Waals surface area contributed by atoms with Crippen LogP contribution < -0.4 is 16.0 Å². The second-order valence-electron chi connectivity index (χ2n) is 5.35. The van der Waals surface area contributed by atoms with Crippen molar-refractivity contribution in [2.45, 2.75) is 24.3 Å². The quantitative estimate of drug-likeness (QED) is 0.716. The predicted octanol–water partition coefficient (Wildman–Crippen LogP) is 1.34. The van der Waals surface area contributed by atoms with E-state index in [0.29, 0.717) is 6.54 Å². The second kappa shape index (κ2) is 4.81. The number of carbonyl (C=O) groups is 1. The maximum Gasteiger partial charge on any atom is 0.315 e. The highest BCUT2D eigenvalue weighted by molar-refractivity contribution is 5.76. The molecule has 19 heavy (non-hydrogen) atoms. The Bertz CT molecular complexity index is 468. The van der Waals surface area contributed by atoms with Gasteiger partial charge in [-0.1, -0.05) is 12.1 Å². The number of nitrogens with one attached hydrogen (secondary N) is 3. The second-order valence-corrected chi connectivity index (χ2v) is 5.35. The molecule has 0 saturated carbocycles. The molecule has 1 aromatic carbocycles. The minimum atomic E-state index is -0.226. The fraction of sp³-hybridized carbons (Fsp3) is 0.500. The lowest BCUT2D eigenvalue weighted by Gasteiger charge is -2.47. The van der Waals surface area contributed by atoms with Gasteiger partial charge in [0.25, 0.3) is 0 Å². The van der Waals surface area contributed by atoms with Crippen molar-refractivity contribution in [3.8, 4) is 0 Å². The first-order valence-corrected chi connectivity index (χ1v) is 6.72. The summed E-state index contributed by atoms with van der Waals surface area (Å²) in [5.41, 5.74) is 0.876. The molecule has 0 aromatic heterocycles. The Kier molecular flexibility index (Phi) is 3.14. The molecule has 0 bridgehead atoms. The number of amides is 2. The normalized spacial score (nSPS) is 25.7. The minimum Gasteiger partial charge on any atom is -0.337 e. The van der Waals surface area contributed by atoms with Crippen LogP contribution in [0.1, 0.15) is 24.3 Å². The van der Waals surface area contributed by atoms with E-state index in [2.05, 4.69) is 16.0 Å². The van der Waals surface area contributed by atoms with E-state index < -0.39 is 0 Å². The zero-order chi connectivity index (χ0) is 13.3. The average Bonchev–Trinajstić information content (AvgIpc) is 2.41. The molecule has 1 spiro atoms. The number of piperidine rings is 1. The number of carbonyl (C=O) groups excluding carboxylic acids is 1. The molecule has 1 atom stereocenters. The largest absolute Gasteiger partial charge is 0.337 e. The highest BCUT2D eigenvalue weighted by atomic mass is 19.1. The molecule has 2 heterocycles. The number of rotatable bonds is 1. The number of halogens is 1. The van der Waals surface area contributed by atoms with Gasteiger partial charge in [-0.05, 0) is 43.6 Å². The van der Waals surface area contributed by atoms with Gasteiger partial charge in [0, 0.05) is 12.5 Å². The number of hydrogen-bond acceptors (Lipinski definition) is 2.